The van der Waals surface area contributed by atoms with Gasteiger partial charge in [0.2, 0.25) is 5.91 Å². The van der Waals surface area contributed by atoms with Gasteiger partial charge in [-0.2, -0.15) is 0 Å². The van der Waals surface area contributed by atoms with E-state index in [1.807, 2.05) is 0 Å². The van der Waals surface area contributed by atoms with Crippen molar-refractivity contribution in [3.8, 4) is 0 Å². The molecule has 0 aromatic carbocycles. The summed E-state index contributed by atoms with van der Waals surface area (Å²) < 4.78 is 0. The van der Waals surface area contributed by atoms with Crippen LogP contribution in [-0.2, 0) is 4.79 Å². The second-order valence-electron chi connectivity index (χ2n) is 4.81. The maximum absolute atomic E-state index is 11.9. The first-order valence-electron chi connectivity index (χ1n) is 6.31. The van der Waals surface area contributed by atoms with E-state index in [9.17, 15) is 4.79 Å². The highest BCUT2D eigenvalue weighted by Gasteiger charge is 2.31. The minimum atomic E-state index is 0.381. The molecular formula is C12H22N2O. The zero-order valence-electron chi connectivity index (χ0n) is 9.67. The highest BCUT2D eigenvalue weighted by atomic mass is 16.2. The van der Waals surface area contributed by atoms with Crippen molar-refractivity contribution in [2.24, 2.45) is 5.92 Å². The number of carbonyl (C=O) groups is 1. The third-order valence-corrected chi connectivity index (χ3v) is 3.58. The molecule has 1 atom stereocenters. The van der Waals surface area contributed by atoms with Crippen molar-refractivity contribution in [1.82, 2.24) is 10.2 Å². The Hall–Kier alpha value is -0.570. The maximum atomic E-state index is 11.9. The molecule has 2 fully saturated rings. The van der Waals surface area contributed by atoms with Crippen LogP contribution in [0, 0.1) is 5.92 Å². The number of hydrogen-bond acceptors (Lipinski definition) is 2. The number of nitrogens with one attached hydrogen (secondary N) is 1. The van der Waals surface area contributed by atoms with E-state index in [1.165, 1.54) is 19.3 Å². The van der Waals surface area contributed by atoms with Gasteiger partial charge in [-0.3, -0.25) is 4.79 Å². The summed E-state index contributed by atoms with van der Waals surface area (Å²) >= 11 is 0. The molecule has 1 N–H and O–H groups in total. The summed E-state index contributed by atoms with van der Waals surface area (Å²) in [4.78, 5) is 14.0. The van der Waals surface area contributed by atoms with Crippen LogP contribution in [0.5, 0.6) is 0 Å². The normalized spacial score (nSPS) is 25.5. The molecule has 1 aliphatic carbocycles. The van der Waals surface area contributed by atoms with Crippen LogP contribution in [0.1, 0.15) is 39.0 Å². The molecule has 0 spiro atoms. The summed E-state index contributed by atoms with van der Waals surface area (Å²) in [6.45, 7) is 5.24. The Bertz CT molecular complexity index is 220. The van der Waals surface area contributed by atoms with E-state index in [-0.39, 0.29) is 0 Å². The number of rotatable bonds is 5. The summed E-state index contributed by atoms with van der Waals surface area (Å²) in [6, 6.07) is 0.587. The van der Waals surface area contributed by atoms with E-state index < -0.39 is 0 Å². The van der Waals surface area contributed by atoms with Crippen LogP contribution in [0.4, 0.5) is 0 Å². The second-order valence-corrected chi connectivity index (χ2v) is 4.81. The fourth-order valence-corrected chi connectivity index (χ4v) is 2.46. The highest BCUT2D eigenvalue weighted by Crippen LogP contribution is 2.27. The van der Waals surface area contributed by atoms with Crippen molar-refractivity contribution < 1.29 is 4.79 Å². The first-order chi connectivity index (χ1) is 7.31. The smallest absolute Gasteiger partial charge is 0.222 e. The Balaban J connectivity index is 1.70. The molecule has 2 rings (SSSR count). The predicted octanol–water partition coefficient (Wildman–Crippen LogP) is 1.39. The first kappa shape index (κ1) is 10.9. The molecule has 3 heteroatoms. The van der Waals surface area contributed by atoms with Crippen LogP contribution in [0.2, 0.25) is 0 Å². The fourth-order valence-electron chi connectivity index (χ4n) is 2.46. The van der Waals surface area contributed by atoms with Gasteiger partial charge < -0.3 is 10.2 Å². The van der Waals surface area contributed by atoms with Gasteiger partial charge in [0, 0.05) is 19.0 Å². The average molecular weight is 210 g/mol. The first-order valence-corrected chi connectivity index (χ1v) is 6.31. The lowest BCUT2D eigenvalue weighted by atomic mass is 10.0. The van der Waals surface area contributed by atoms with E-state index in [2.05, 4.69) is 17.1 Å². The van der Waals surface area contributed by atoms with Crippen molar-refractivity contribution in [3.05, 3.63) is 0 Å². The molecular weight excluding hydrogens is 188 g/mol. The number of nitrogens with zero attached hydrogens (tertiary/aromatic N) is 1. The van der Waals surface area contributed by atoms with Gasteiger partial charge in [-0.05, 0) is 51.6 Å². The summed E-state index contributed by atoms with van der Waals surface area (Å²) in [7, 11) is 0. The van der Waals surface area contributed by atoms with Gasteiger partial charge in [-0.1, -0.05) is 0 Å². The minimum Gasteiger partial charge on any atom is -0.340 e. The number of amides is 1. The largest absolute Gasteiger partial charge is 0.340 e. The van der Waals surface area contributed by atoms with Crippen molar-refractivity contribution in [3.63, 3.8) is 0 Å². The SMILES string of the molecule is CCN(C(=O)CCC1CCNC1)C1CC1. The second kappa shape index (κ2) is 4.97. The van der Waals surface area contributed by atoms with Crippen LogP contribution in [-0.4, -0.2) is 36.5 Å². The van der Waals surface area contributed by atoms with E-state index in [1.54, 1.807) is 0 Å². The van der Waals surface area contributed by atoms with Gasteiger partial charge in [-0.15, -0.1) is 0 Å². The Morgan fingerprint density at radius 2 is 2.20 bits per heavy atom. The van der Waals surface area contributed by atoms with Crippen LogP contribution in [0.3, 0.4) is 0 Å². The minimum absolute atomic E-state index is 0.381. The number of carbonyl (C=O) groups excluding carboxylic acids is 1. The molecule has 1 heterocycles. The summed E-state index contributed by atoms with van der Waals surface area (Å²) in [6.07, 6.45) is 5.55. The molecule has 0 bridgehead atoms. The molecule has 15 heavy (non-hydrogen) atoms. The highest BCUT2D eigenvalue weighted by molar-refractivity contribution is 5.76. The van der Waals surface area contributed by atoms with Gasteiger partial charge in [0.1, 0.15) is 0 Å². The summed E-state index contributed by atoms with van der Waals surface area (Å²) in [5.41, 5.74) is 0. The Labute approximate surface area is 92.2 Å². The van der Waals surface area contributed by atoms with Crippen molar-refractivity contribution >= 4 is 5.91 Å². The van der Waals surface area contributed by atoms with Crippen molar-refractivity contribution in [2.75, 3.05) is 19.6 Å². The average Bonchev–Trinajstić information content (AvgIpc) is 2.93. The quantitative estimate of drug-likeness (QED) is 0.743. The van der Waals surface area contributed by atoms with Crippen LogP contribution in [0.25, 0.3) is 0 Å². The van der Waals surface area contributed by atoms with Gasteiger partial charge in [0.25, 0.3) is 0 Å². The van der Waals surface area contributed by atoms with E-state index in [4.69, 9.17) is 0 Å². The van der Waals surface area contributed by atoms with E-state index in [0.29, 0.717) is 11.9 Å². The molecule has 2 aliphatic rings. The molecule has 1 aliphatic heterocycles. The maximum Gasteiger partial charge on any atom is 0.222 e. The zero-order chi connectivity index (χ0) is 10.7. The Kier molecular flexibility index (Phi) is 3.62. The zero-order valence-corrected chi connectivity index (χ0v) is 9.67. The molecule has 1 saturated carbocycles. The van der Waals surface area contributed by atoms with Gasteiger partial charge in [0.15, 0.2) is 0 Å². The fraction of sp³-hybridized carbons (Fsp3) is 0.917. The van der Waals surface area contributed by atoms with E-state index in [0.717, 1.165) is 38.4 Å². The molecule has 86 valence electrons. The van der Waals surface area contributed by atoms with Gasteiger partial charge >= 0.3 is 0 Å². The molecule has 0 aromatic rings. The lowest BCUT2D eigenvalue weighted by Crippen LogP contribution is -2.33. The third-order valence-electron chi connectivity index (χ3n) is 3.58. The number of hydrogen-bond donors (Lipinski definition) is 1. The van der Waals surface area contributed by atoms with Crippen molar-refractivity contribution in [1.29, 1.82) is 0 Å². The van der Waals surface area contributed by atoms with Crippen LogP contribution < -0.4 is 5.32 Å². The molecule has 0 radical (unpaired) electrons. The monoisotopic (exact) mass is 210 g/mol. The van der Waals surface area contributed by atoms with Crippen LogP contribution >= 0.6 is 0 Å². The summed E-state index contributed by atoms with van der Waals surface area (Å²) in [5.74, 6) is 1.12. The topological polar surface area (TPSA) is 32.3 Å². The lowest BCUT2D eigenvalue weighted by molar-refractivity contribution is -0.131. The molecule has 0 aromatic heterocycles. The van der Waals surface area contributed by atoms with E-state index >= 15 is 0 Å². The Morgan fingerprint density at radius 3 is 2.73 bits per heavy atom. The third kappa shape index (κ3) is 2.94. The van der Waals surface area contributed by atoms with Gasteiger partial charge in [-0.25, -0.2) is 0 Å². The molecule has 1 saturated heterocycles. The predicted molar refractivity (Wildman–Crippen MR) is 60.6 cm³/mol. The van der Waals surface area contributed by atoms with Crippen molar-refractivity contribution in [2.45, 2.75) is 45.1 Å². The molecule has 1 amide bonds. The van der Waals surface area contributed by atoms with Gasteiger partial charge in [0.05, 0.1) is 0 Å². The molecule has 3 nitrogen and oxygen atoms in total. The Morgan fingerprint density at radius 1 is 1.40 bits per heavy atom. The molecule has 1 unspecified atom stereocenters. The standard InChI is InChI=1S/C12H22N2O/c1-2-14(11-4-5-11)12(15)6-3-10-7-8-13-9-10/h10-11,13H,2-9H2,1H3. The lowest BCUT2D eigenvalue weighted by Gasteiger charge is -2.21. The summed E-state index contributed by atoms with van der Waals surface area (Å²) in [5, 5.41) is 3.35. The van der Waals surface area contributed by atoms with Crippen LogP contribution in [0.15, 0.2) is 0 Å².